The number of carbonyl (C=O) groups excluding carboxylic acids is 2. The lowest BCUT2D eigenvalue weighted by Crippen LogP contribution is -2.32. The summed E-state index contributed by atoms with van der Waals surface area (Å²) in [6.07, 6.45) is 0. The Kier molecular flexibility index (Phi) is 4.91. The summed E-state index contributed by atoms with van der Waals surface area (Å²) in [6, 6.07) is 7.41. The van der Waals surface area contributed by atoms with Crippen molar-refractivity contribution in [2.75, 3.05) is 11.9 Å². The molecule has 0 saturated carbocycles. The average molecular weight is 421 g/mol. The molecule has 2 heterocycles. The van der Waals surface area contributed by atoms with Crippen LogP contribution in [0.25, 0.3) is 10.2 Å². The lowest BCUT2D eigenvalue weighted by atomic mass is 10.2. The second kappa shape index (κ2) is 6.97. The van der Waals surface area contributed by atoms with Gasteiger partial charge in [0, 0.05) is 22.6 Å². The highest BCUT2D eigenvalue weighted by molar-refractivity contribution is 9.10. The van der Waals surface area contributed by atoms with Crippen LogP contribution in [0.3, 0.4) is 0 Å². The van der Waals surface area contributed by atoms with Crippen molar-refractivity contribution in [3.63, 3.8) is 0 Å². The molecular weight excluding hydrogens is 404 g/mol. The number of rotatable bonds is 4. The van der Waals surface area contributed by atoms with Gasteiger partial charge in [-0.05, 0) is 43.7 Å². The van der Waals surface area contributed by atoms with Crippen LogP contribution in [0.1, 0.15) is 20.9 Å². The molecule has 1 aromatic carbocycles. The summed E-state index contributed by atoms with van der Waals surface area (Å²) in [5.74, 6) is -0.527. The van der Waals surface area contributed by atoms with E-state index in [4.69, 9.17) is 0 Å². The van der Waals surface area contributed by atoms with Crippen molar-refractivity contribution in [2.45, 2.75) is 13.8 Å². The van der Waals surface area contributed by atoms with Gasteiger partial charge in [0.25, 0.3) is 5.91 Å². The third-order valence-electron chi connectivity index (χ3n) is 3.79. The number of hydrogen-bond acceptors (Lipinski definition) is 4. The predicted molar refractivity (Wildman–Crippen MR) is 103 cm³/mol. The Morgan fingerprint density at radius 2 is 2.04 bits per heavy atom. The second-order valence-electron chi connectivity index (χ2n) is 5.73. The van der Waals surface area contributed by atoms with Crippen LogP contribution in [0.5, 0.6) is 0 Å². The zero-order chi connectivity index (χ0) is 18.1. The van der Waals surface area contributed by atoms with Gasteiger partial charge in [0.05, 0.1) is 17.1 Å². The number of hydrogen-bond donors (Lipinski definition) is 2. The van der Waals surface area contributed by atoms with Gasteiger partial charge in [-0.3, -0.25) is 14.3 Å². The summed E-state index contributed by atoms with van der Waals surface area (Å²) in [4.78, 5) is 25.9. The van der Waals surface area contributed by atoms with E-state index in [1.54, 1.807) is 4.68 Å². The van der Waals surface area contributed by atoms with E-state index in [0.29, 0.717) is 4.88 Å². The fraction of sp³-hybridized carbons (Fsp3) is 0.235. The number of halogens is 1. The summed E-state index contributed by atoms with van der Waals surface area (Å²) >= 11 is 4.75. The number of nitrogens with zero attached hydrogens (tertiary/aromatic N) is 2. The summed E-state index contributed by atoms with van der Waals surface area (Å²) < 4.78 is 2.71. The van der Waals surface area contributed by atoms with Crippen LogP contribution in [-0.4, -0.2) is 28.1 Å². The molecule has 3 aromatic rings. The summed E-state index contributed by atoms with van der Waals surface area (Å²) in [5, 5.41) is 10.7. The summed E-state index contributed by atoms with van der Waals surface area (Å²) in [6.45, 7) is 3.73. The zero-order valence-corrected chi connectivity index (χ0v) is 16.4. The molecule has 0 aliphatic heterocycles. The van der Waals surface area contributed by atoms with Gasteiger partial charge in [0.2, 0.25) is 5.91 Å². The van der Waals surface area contributed by atoms with Crippen LogP contribution < -0.4 is 10.6 Å². The molecule has 130 valence electrons. The molecule has 0 bridgehead atoms. The second-order valence-corrected chi connectivity index (χ2v) is 7.67. The highest BCUT2D eigenvalue weighted by Crippen LogP contribution is 2.27. The number of anilines is 1. The maximum atomic E-state index is 12.3. The third-order valence-corrected chi connectivity index (χ3v) is 5.49. The molecule has 0 aliphatic rings. The molecule has 2 N–H and O–H groups in total. The molecule has 0 spiro atoms. The van der Waals surface area contributed by atoms with E-state index in [1.165, 1.54) is 11.3 Å². The molecule has 0 fully saturated rings. The Hall–Kier alpha value is -2.19. The van der Waals surface area contributed by atoms with Crippen LogP contribution in [0.4, 0.5) is 5.69 Å². The first-order valence-corrected chi connectivity index (χ1v) is 9.23. The Morgan fingerprint density at radius 1 is 1.28 bits per heavy atom. The van der Waals surface area contributed by atoms with E-state index in [2.05, 4.69) is 31.7 Å². The normalized spacial score (nSPS) is 10.9. The topological polar surface area (TPSA) is 76.0 Å². The quantitative estimate of drug-likeness (QED) is 0.678. The lowest BCUT2D eigenvalue weighted by Gasteiger charge is -2.09. The van der Waals surface area contributed by atoms with Crippen molar-refractivity contribution in [1.82, 2.24) is 15.1 Å². The first-order valence-electron chi connectivity index (χ1n) is 7.62. The van der Waals surface area contributed by atoms with E-state index in [1.807, 2.05) is 45.2 Å². The van der Waals surface area contributed by atoms with Crippen molar-refractivity contribution in [3.05, 3.63) is 44.9 Å². The number of aryl methyl sites for hydroxylation is 3. The van der Waals surface area contributed by atoms with E-state index >= 15 is 0 Å². The molecule has 0 unspecified atom stereocenters. The van der Waals surface area contributed by atoms with Gasteiger partial charge in [-0.25, -0.2) is 0 Å². The fourth-order valence-corrected chi connectivity index (χ4v) is 4.04. The zero-order valence-electron chi connectivity index (χ0n) is 14.0. The maximum Gasteiger partial charge on any atom is 0.261 e. The molecule has 2 aromatic heterocycles. The Balaban J connectivity index is 1.62. The van der Waals surface area contributed by atoms with Crippen LogP contribution in [0.15, 0.2) is 28.7 Å². The number of amides is 2. The largest absolute Gasteiger partial charge is 0.342 e. The van der Waals surface area contributed by atoms with Gasteiger partial charge >= 0.3 is 0 Å². The molecule has 0 aliphatic carbocycles. The van der Waals surface area contributed by atoms with Gasteiger partial charge in [0.1, 0.15) is 4.83 Å². The Morgan fingerprint density at radius 3 is 2.72 bits per heavy atom. The van der Waals surface area contributed by atoms with E-state index in [-0.39, 0.29) is 18.4 Å². The molecule has 8 heteroatoms. The van der Waals surface area contributed by atoms with E-state index < -0.39 is 0 Å². The van der Waals surface area contributed by atoms with Gasteiger partial charge in [-0.2, -0.15) is 5.10 Å². The number of carbonyl (C=O) groups is 2. The Bertz CT molecular complexity index is 942. The third kappa shape index (κ3) is 3.74. The van der Waals surface area contributed by atoms with Crippen molar-refractivity contribution >= 4 is 55.0 Å². The predicted octanol–water partition coefficient (Wildman–Crippen LogP) is 3.38. The van der Waals surface area contributed by atoms with E-state index in [0.717, 1.165) is 31.6 Å². The average Bonchev–Trinajstić information content (AvgIpc) is 3.10. The van der Waals surface area contributed by atoms with Crippen molar-refractivity contribution < 1.29 is 9.59 Å². The first-order chi connectivity index (χ1) is 11.8. The molecule has 0 saturated heterocycles. The van der Waals surface area contributed by atoms with Crippen molar-refractivity contribution in [3.8, 4) is 0 Å². The molecule has 25 heavy (non-hydrogen) atoms. The lowest BCUT2D eigenvalue weighted by molar-refractivity contribution is -0.115. The SMILES string of the molecule is Cc1cc(Br)ccc1NC(=O)CNC(=O)c1cc2c(C)nn(C)c2s1. The molecular formula is C17H17BrN4O2S. The first kappa shape index (κ1) is 17.6. The highest BCUT2D eigenvalue weighted by atomic mass is 79.9. The summed E-state index contributed by atoms with van der Waals surface area (Å²) in [5.41, 5.74) is 2.56. The molecule has 6 nitrogen and oxygen atoms in total. The fourth-order valence-electron chi connectivity index (χ4n) is 2.53. The molecule has 2 amide bonds. The number of nitrogens with one attached hydrogen (secondary N) is 2. The number of aromatic nitrogens is 2. The highest BCUT2D eigenvalue weighted by Gasteiger charge is 2.16. The number of fused-ring (bicyclic) bond motifs is 1. The minimum atomic E-state index is -0.266. The Labute approximate surface area is 157 Å². The number of thiophene rings is 1. The molecule has 0 atom stereocenters. The minimum absolute atomic E-state index is 0.0835. The van der Waals surface area contributed by atoms with Crippen LogP contribution >= 0.6 is 27.3 Å². The van der Waals surface area contributed by atoms with Crippen LogP contribution in [0, 0.1) is 13.8 Å². The van der Waals surface area contributed by atoms with Gasteiger partial charge in [-0.1, -0.05) is 15.9 Å². The molecule has 0 radical (unpaired) electrons. The minimum Gasteiger partial charge on any atom is -0.342 e. The van der Waals surface area contributed by atoms with Gasteiger partial charge in [-0.15, -0.1) is 11.3 Å². The van der Waals surface area contributed by atoms with E-state index in [9.17, 15) is 9.59 Å². The maximum absolute atomic E-state index is 12.3. The molecule has 3 rings (SSSR count). The van der Waals surface area contributed by atoms with Gasteiger partial charge < -0.3 is 10.6 Å². The smallest absolute Gasteiger partial charge is 0.261 e. The number of benzene rings is 1. The van der Waals surface area contributed by atoms with Crippen LogP contribution in [0.2, 0.25) is 0 Å². The van der Waals surface area contributed by atoms with Crippen molar-refractivity contribution in [2.24, 2.45) is 7.05 Å². The van der Waals surface area contributed by atoms with Gasteiger partial charge in [0.15, 0.2) is 0 Å². The van der Waals surface area contributed by atoms with Crippen LogP contribution in [-0.2, 0) is 11.8 Å². The van der Waals surface area contributed by atoms with Crippen molar-refractivity contribution in [1.29, 1.82) is 0 Å². The monoisotopic (exact) mass is 420 g/mol. The standard InChI is InChI=1S/C17H17BrN4O2S/c1-9-6-11(18)4-5-13(9)20-15(23)8-19-16(24)14-7-12-10(2)21-22(3)17(12)25-14/h4-7H,8H2,1-3H3,(H,19,24)(H,20,23). The summed E-state index contributed by atoms with van der Waals surface area (Å²) in [7, 11) is 1.85.